The molecule has 0 spiro atoms. The van der Waals surface area contributed by atoms with Gasteiger partial charge in [-0.2, -0.15) is 10.1 Å². The quantitative estimate of drug-likeness (QED) is 0.741. The number of nitrogens with two attached hydrogens (primary N) is 1. The van der Waals surface area contributed by atoms with Crippen LogP contribution < -0.4 is 5.73 Å². The summed E-state index contributed by atoms with van der Waals surface area (Å²) in [5.74, 6) is 1.48. The number of rotatable bonds is 4. The molecule has 3 N–H and O–H groups in total. The van der Waals surface area contributed by atoms with Crippen molar-refractivity contribution in [2.24, 2.45) is 0 Å². The number of aromatic nitrogens is 4. The molecule has 0 fully saturated rings. The molecular weight excluding hydrogens is 242 g/mol. The lowest BCUT2D eigenvalue weighted by Crippen LogP contribution is -1.93. The number of anilines is 1. The minimum absolute atomic E-state index is 0.402. The lowest BCUT2D eigenvalue weighted by atomic mass is 10.1. The van der Waals surface area contributed by atoms with Crippen LogP contribution in [0.25, 0.3) is 11.6 Å². The highest BCUT2D eigenvalue weighted by molar-refractivity contribution is 5.51. The van der Waals surface area contributed by atoms with Gasteiger partial charge < -0.3 is 10.3 Å². The van der Waals surface area contributed by atoms with Gasteiger partial charge in [0.15, 0.2) is 5.82 Å². The number of nitrogens with zero attached hydrogens (tertiary/aromatic N) is 3. The summed E-state index contributed by atoms with van der Waals surface area (Å²) in [6.45, 7) is 0. The van der Waals surface area contributed by atoms with Gasteiger partial charge >= 0.3 is 0 Å². The molecule has 0 bridgehead atoms. The van der Waals surface area contributed by atoms with E-state index in [9.17, 15) is 0 Å². The Morgan fingerprint density at radius 2 is 2.00 bits per heavy atom. The van der Waals surface area contributed by atoms with Gasteiger partial charge in [-0.05, 0) is 12.0 Å². The van der Waals surface area contributed by atoms with Gasteiger partial charge in [0.2, 0.25) is 0 Å². The summed E-state index contributed by atoms with van der Waals surface area (Å²) < 4.78 is 5.16. The summed E-state index contributed by atoms with van der Waals surface area (Å²) in [7, 11) is 0. The number of hydrogen-bond acceptors (Lipinski definition) is 5. The second-order valence-electron chi connectivity index (χ2n) is 4.21. The zero-order valence-corrected chi connectivity index (χ0v) is 10.2. The fourth-order valence-electron chi connectivity index (χ4n) is 1.81. The highest BCUT2D eigenvalue weighted by Crippen LogP contribution is 2.16. The minimum atomic E-state index is 0.402. The molecule has 0 atom stereocenters. The molecule has 2 heterocycles. The van der Waals surface area contributed by atoms with Crippen molar-refractivity contribution in [3.8, 4) is 11.6 Å². The van der Waals surface area contributed by atoms with Crippen molar-refractivity contribution < 1.29 is 4.52 Å². The van der Waals surface area contributed by atoms with Crippen molar-refractivity contribution in [3.05, 3.63) is 47.8 Å². The third-order valence-corrected chi connectivity index (χ3v) is 2.78. The van der Waals surface area contributed by atoms with Gasteiger partial charge in [0.05, 0.1) is 0 Å². The van der Waals surface area contributed by atoms with Crippen LogP contribution in [0.4, 0.5) is 5.82 Å². The highest BCUT2D eigenvalue weighted by Gasteiger charge is 2.10. The smallest absolute Gasteiger partial charge is 0.276 e. The van der Waals surface area contributed by atoms with Crippen molar-refractivity contribution in [1.29, 1.82) is 0 Å². The molecule has 0 aliphatic rings. The molecule has 19 heavy (non-hydrogen) atoms. The van der Waals surface area contributed by atoms with Crippen LogP contribution in [-0.2, 0) is 12.8 Å². The average Bonchev–Trinajstić information content (AvgIpc) is 3.06. The van der Waals surface area contributed by atoms with Crippen LogP contribution in [0.3, 0.4) is 0 Å². The summed E-state index contributed by atoms with van der Waals surface area (Å²) in [5, 5.41) is 10.5. The molecule has 3 rings (SSSR count). The van der Waals surface area contributed by atoms with Crippen LogP contribution in [-0.4, -0.2) is 20.3 Å². The van der Waals surface area contributed by atoms with E-state index in [4.69, 9.17) is 10.3 Å². The molecule has 0 saturated carbocycles. The van der Waals surface area contributed by atoms with E-state index in [1.807, 2.05) is 18.2 Å². The number of hydrogen-bond donors (Lipinski definition) is 2. The van der Waals surface area contributed by atoms with Crippen LogP contribution in [0.1, 0.15) is 11.4 Å². The zero-order chi connectivity index (χ0) is 13.1. The van der Waals surface area contributed by atoms with Crippen LogP contribution in [0.15, 0.2) is 40.9 Å². The minimum Gasteiger partial charge on any atom is -0.382 e. The topological polar surface area (TPSA) is 93.6 Å². The normalized spacial score (nSPS) is 10.7. The Balaban J connectivity index is 1.68. The van der Waals surface area contributed by atoms with E-state index < -0.39 is 0 Å². The van der Waals surface area contributed by atoms with Gasteiger partial charge in [0.25, 0.3) is 5.89 Å². The summed E-state index contributed by atoms with van der Waals surface area (Å²) in [4.78, 5) is 4.30. The van der Waals surface area contributed by atoms with E-state index in [0.29, 0.717) is 23.2 Å². The maximum absolute atomic E-state index is 5.53. The third kappa shape index (κ3) is 2.62. The maximum atomic E-state index is 5.53. The first-order valence-corrected chi connectivity index (χ1v) is 5.99. The highest BCUT2D eigenvalue weighted by atomic mass is 16.5. The number of aryl methyl sites for hydroxylation is 2. The molecule has 0 radical (unpaired) electrons. The van der Waals surface area contributed by atoms with Gasteiger partial charge in [0.1, 0.15) is 11.5 Å². The molecule has 2 aromatic heterocycles. The van der Waals surface area contributed by atoms with Crippen molar-refractivity contribution in [3.63, 3.8) is 0 Å². The second kappa shape index (κ2) is 4.93. The number of benzene rings is 1. The fourth-order valence-corrected chi connectivity index (χ4v) is 1.81. The third-order valence-electron chi connectivity index (χ3n) is 2.78. The van der Waals surface area contributed by atoms with Gasteiger partial charge in [-0.3, -0.25) is 5.10 Å². The van der Waals surface area contributed by atoms with Crippen molar-refractivity contribution in [2.75, 3.05) is 5.73 Å². The summed E-state index contributed by atoms with van der Waals surface area (Å²) in [5.41, 5.74) is 7.41. The molecule has 0 saturated heterocycles. The monoisotopic (exact) mass is 255 g/mol. The van der Waals surface area contributed by atoms with Crippen molar-refractivity contribution in [2.45, 2.75) is 12.8 Å². The lowest BCUT2D eigenvalue weighted by Gasteiger charge is -1.96. The first-order chi connectivity index (χ1) is 9.31. The SMILES string of the molecule is Nc1cc(-c2nc(CCc3ccccc3)no2)[nH]n1. The Morgan fingerprint density at radius 3 is 2.74 bits per heavy atom. The standard InChI is InChI=1S/C13H13N5O/c14-11-8-10(16-17-11)13-15-12(18-19-13)7-6-9-4-2-1-3-5-9/h1-5,8H,6-7H2,(H3,14,16,17). The molecule has 96 valence electrons. The summed E-state index contributed by atoms with van der Waals surface area (Å²) >= 11 is 0. The van der Waals surface area contributed by atoms with Gasteiger partial charge in [0, 0.05) is 12.5 Å². The molecule has 0 unspecified atom stereocenters. The maximum Gasteiger partial charge on any atom is 0.276 e. The van der Waals surface area contributed by atoms with E-state index in [0.717, 1.165) is 12.8 Å². The van der Waals surface area contributed by atoms with E-state index in [-0.39, 0.29) is 0 Å². The van der Waals surface area contributed by atoms with Gasteiger partial charge in [-0.1, -0.05) is 35.5 Å². The van der Waals surface area contributed by atoms with Crippen molar-refractivity contribution >= 4 is 5.82 Å². The largest absolute Gasteiger partial charge is 0.382 e. The van der Waals surface area contributed by atoms with Gasteiger partial charge in [-0.15, -0.1) is 0 Å². The van der Waals surface area contributed by atoms with E-state index in [1.54, 1.807) is 6.07 Å². The molecule has 0 aliphatic carbocycles. The molecule has 6 nitrogen and oxygen atoms in total. The Morgan fingerprint density at radius 1 is 1.16 bits per heavy atom. The molecule has 3 aromatic rings. The average molecular weight is 255 g/mol. The lowest BCUT2D eigenvalue weighted by molar-refractivity contribution is 0.421. The van der Waals surface area contributed by atoms with E-state index in [2.05, 4.69) is 32.5 Å². The predicted octanol–water partition coefficient (Wildman–Crippen LogP) is 1.83. The Kier molecular flexibility index (Phi) is 2.97. The molecular formula is C13H13N5O. The molecule has 1 aromatic carbocycles. The Labute approximate surface area is 109 Å². The Bertz CT molecular complexity index is 658. The second-order valence-corrected chi connectivity index (χ2v) is 4.21. The van der Waals surface area contributed by atoms with Crippen LogP contribution in [0.2, 0.25) is 0 Å². The predicted molar refractivity (Wildman–Crippen MR) is 70.1 cm³/mol. The molecule has 0 aliphatic heterocycles. The number of nitrogens with one attached hydrogen (secondary N) is 1. The first kappa shape index (κ1) is 11.5. The van der Waals surface area contributed by atoms with Crippen LogP contribution >= 0.6 is 0 Å². The first-order valence-electron chi connectivity index (χ1n) is 5.99. The fraction of sp³-hybridized carbons (Fsp3) is 0.154. The molecule has 6 heteroatoms. The number of H-pyrrole nitrogens is 1. The molecule has 0 amide bonds. The number of nitrogen functional groups attached to an aromatic ring is 1. The van der Waals surface area contributed by atoms with Crippen molar-refractivity contribution in [1.82, 2.24) is 20.3 Å². The van der Waals surface area contributed by atoms with Gasteiger partial charge in [-0.25, -0.2) is 0 Å². The number of aromatic amines is 1. The Hall–Kier alpha value is -2.63. The summed E-state index contributed by atoms with van der Waals surface area (Å²) in [6, 6.07) is 11.9. The zero-order valence-electron chi connectivity index (χ0n) is 10.2. The van der Waals surface area contributed by atoms with E-state index >= 15 is 0 Å². The van der Waals surface area contributed by atoms with E-state index in [1.165, 1.54) is 5.56 Å². The van der Waals surface area contributed by atoms with Crippen LogP contribution in [0.5, 0.6) is 0 Å². The summed E-state index contributed by atoms with van der Waals surface area (Å²) in [6.07, 6.45) is 1.61. The van der Waals surface area contributed by atoms with Crippen LogP contribution in [0, 0.1) is 0 Å².